The molecular formula is C13H13BrFNO. The monoisotopic (exact) mass is 297 g/mol. The fourth-order valence-corrected chi connectivity index (χ4v) is 2.25. The van der Waals surface area contributed by atoms with Crippen molar-refractivity contribution in [1.29, 1.82) is 0 Å². The molecule has 1 unspecified atom stereocenters. The molecule has 0 bridgehead atoms. The van der Waals surface area contributed by atoms with E-state index in [2.05, 4.69) is 21.2 Å². The largest absolute Gasteiger partial charge is 0.457 e. The van der Waals surface area contributed by atoms with Gasteiger partial charge in [0, 0.05) is 5.56 Å². The molecule has 1 atom stereocenters. The summed E-state index contributed by atoms with van der Waals surface area (Å²) in [5.74, 6) is -0.227. The summed E-state index contributed by atoms with van der Waals surface area (Å²) in [6.07, 6.45) is 1.63. The molecule has 17 heavy (non-hydrogen) atoms. The maximum Gasteiger partial charge on any atom is 0.174 e. The molecule has 4 heteroatoms. The van der Waals surface area contributed by atoms with Crippen LogP contribution in [0.2, 0.25) is 0 Å². The summed E-state index contributed by atoms with van der Waals surface area (Å²) in [7, 11) is 0. The van der Waals surface area contributed by atoms with Crippen LogP contribution in [0, 0.1) is 5.82 Å². The minimum atomic E-state index is -0.227. The van der Waals surface area contributed by atoms with Crippen LogP contribution in [0.15, 0.2) is 45.7 Å². The fraction of sp³-hybridized carbons (Fsp3) is 0.231. The molecule has 0 amide bonds. The normalized spacial score (nSPS) is 12.6. The Balaban J connectivity index is 2.35. The number of benzene rings is 1. The Morgan fingerprint density at radius 2 is 2.00 bits per heavy atom. The molecule has 1 aromatic carbocycles. The second-order valence-electron chi connectivity index (χ2n) is 3.69. The van der Waals surface area contributed by atoms with Crippen LogP contribution in [0.25, 0.3) is 0 Å². The number of hydrogen-bond donors (Lipinski definition) is 1. The number of halogens is 2. The lowest BCUT2D eigenvalue weighted by molar-refractivity contribution is 0.526. The highest BCUT2D eigenvalue weighted by atomic mass is 79.9. The molecule has 1 heterocycles. The van der Waals surface area contributed by atoms with Crippen LogP contribution in [0.4, 0.5) is 4.39 Å². The van der Waals surface area contributed by atoms with E-state index in [-0.39, 0.29) is 11.9 Å². The van der Waals surface area contributed by atoms with Crippen molar-refractivity contribution in [1.82, 2.24) is 5.32 Å². The molecule has 0 saturated carbocycles. The molecular weight excluding hydrogens is 285 g/mol. The van der Waals surface area contributed by atoms with Crippen LogP contribution in [0.1, 0.15) is 24.1 Å². The zero-order valence-corrected chi connectivity index (χ0v) is 11.0. The summed E-state index contributed by atoms with van der Waals surface area (Å²) in [5, 5.41) is 3.35. The highest BCUT2D eigenvalue weighted by Gasteiger charge is 2.17. The van der Waals surface area contributed by atoms with E-state index in [0.29, 0.717) is 4.67 Å². The molecule has 2 nitrogen and oxygen atoms in total. The van der Waals surface area contributed by atoms with Crippen LogP contribution in [-0.4, -0.2) is 6.54 Å². The van der Waals surface area contributed by atoms with E-state index >= 15 is 0 Å². The Bertz CT molecular complexity index is 480. The van der Waals surface area contributed by atoms with E-state index in [0.717, 1.165) is 17.7 Å². The molecule has 0 aliphatic heterocycles. The Morgan fingerprint density at radius 1 is 1.29 bits per heavy atom. The van der Waals surface area contributed by atoms with Gasteiger partial charge in [0.05, 0.1) is 12.3 Å². The second kappa shape index (κ2) is 5.47. The highest BCUT2D eigenvalue weighted by molar-refractivity contribution is 9.10. The molecule has 90 valence electrons. The molecule has 1 N–H and O–H groups in total. The Hall–Kier alpha value is -1.13. The molecule has 0 saturated heterocycles. The maximum absolute atomic E-state index is 12.9. The van der Waals surface area contributed by atoms with Crippen LogP contribution in [-0.2, 0) is 0 Å². The van der Waals surface area contributed by atoms with E-state index in [1.54, 1.807) is 18.4 Å². The lowest BCUT2D eigenvalue weighted by atomic mass is 10.0. The van der Waals surface area contributed by atoms with Crippen molar-refractivity contribution in [2.45, 2.75) is 13.0 Å². The SMILES string of the molecule is CCNC(c1ccc(F)cc1)c1ccoc1Br. The summed E-state index contributed by atoms with van der Waals surface area (Å²) in [6, 6.07) is 8.40. The summed E-state index contributed by atoms with van der Waals surface area (Å²) >= 11 is 3.37. The number of nitrogens with one attached hydrogen (secondary N) is 1. The highest BCUT2D eigenvalue weighted by Crippen LogP contribution is 2.29. The van der Waals surface area contributed by atoms with Gasteiger partial charge in [-0.15, -0.1) is 0 Å². The zero-order valence-electron chi connectivity index (χ0n) is 9.41. The van der Waals surface area contributed by atoms with Gasteiger partial charge in [-0.3, -0.25) is 0 Å². The molecule has 2 aromatic rings. The molecule has 1 aromatic heterocycles. The molecule has 0 fully saturated rings. The third-order valence-electron chi connectivity index (χ3n) is 2.57. The Kier molecular flexibility index (Phi) is 3.97. The van der Waals surface area contributed by atoms with Gasteiger partial charge in [-0.1, -0.05) is 19.1 Å². The first-order valence-electron chi connectivity index (χ1n) is 5.44. The Morgan fingerprint density at radius 3 is 2.53 bits per heavy atom. The van der Waals surface area contributed by atoms with Gasteiger partial charge in [0.1, 0.15) is 5.82 Å². The van der Waals surface area contributed by atoms with Crippen molar-refractivity contribution in [3.8, 4) is 0 Å². The van der Waals surface area contributed by atoms with Gasteiger partial charge in [-0.25, -0.2) is 4.39 Å². The molecule has 2 rings (SSSR count). The quantitative estimate of drug-likeness (QED) is 0.926. The van der Waals surface area contributed by atoms with E-state index in [1.165, 1.54) is 12.1 Å². The van der Waals surface area contributed by atoms with E-state index < -0.39 is 0 Å². The first-order valence-corrected chi connectivity index (χ1v) is 6.23. The molecule has 0 spiro atoms. The van der Waals surface area contributed by atoms with Gasteiger partial charge in [0.25, 0.3) is 0 Å². The third-order valence-corrected chi connectivity index (χ3v) is 3.21. The summed E-state index contributed by atoms with van der Waals surface area (Å²) in [6.45, 7) is 2.85. The summed E-state index contributed by atoms with van der Waals surface area (Å²) in [5.41, 5.74) is 2.02. The average molecular weight is 298 g/mol. The minimum absolute atomic E-state index is 0.00808. The van der Waals surface area contributed by atoms with Gasteiger partial charge in [-0.2, -0.15) is 0 Å². The standard InChI is InChI=1S/C13H13BrFNO/c1-2-16-12(11-7-8-17-13(11)14)9-3-5-10(15)6-4-9/h3-8,12,16H,2H2,1H3. The second-order valence-corrected chi connectivity index (χ2v) is 4.41. The van der Waals surface area contributed by atoms with Crippen LogP contribution in [0.3, 0.4) is 0 Å². The van der Waals surface area contributed by atoms with Gasteiger partial charge in [-0.05, 0) is 46.2 Å². The van der Waals surface area contributed by atoms with Crippen LogP contribution < -0.4 is 5.32 Å². The summed E-state index contributed by atoms with van der Waals surface area (Å²) in [4.78, 5) is 0. The van der Waals surface area contributed by atoms with Crippen molar-refractivity contribution in [2.75, 3.05) is 6.54 Å². The molecule has 0 aliphatic rings. The topological polar surface area (TPSA) is 25.2 Å². The van der Waals surface area contributed by atoms with Crippen molar-refractivity contribution in [3.05, 3.63) is 58.2 Å². The van der Waals surface area contributed by atoms with Gasteiger partial charge in [0.15, 0.2) is 4.67 Å². The molecule has 0 aliphatic carbocycles. The van der Waals surface area contributed by atoms with Crippen molar-refractivity contribution in [2.24, 2.45) is 0 Å². The van der Waals surface area contributed by atoms with Crippen LogP contribution >= 0.6 is 15.9 Å². The van der Waals surface area contributed by atoms with Gasteiger partial charge in [0.2, 0.25) is 0 Å². The van der Waals surface area contributed by atoms with Crippen molar-refractivity contribution >= 4 is 15.9 Å². The lowest BCUT2D eigenvalue weighted by Crippen LogP contribution is -2.21. The van der Waals surface area contributed by atoms with Crippen molar-refractivity contribution < 1.29 is 8.81 Å². The first kappa shape index (κ1) is 12.3. The molecule has 0 radical (unpaired) electrons. The Labute approximate surface area is 108 Å². The van der Waals surface area contributed by atoms with Crippen molar-refractivity contribution in [3.63, 3.8) is 0 Å². The van der Waals surface area contributed by atoms with E-state index in [1.807, 2.05) is 13.0 Å². The summed E-state index contributed by atoms with van der Waals surface area (Å²) < 4.78 is 18.9. The minimum Gasteiger partial charge on any atom is -0.457 e. The predicted molar refractivity (Wildman–Crippen MR) is 68.3 cm³/mol. The maximum atomic E-state index is 12.9. The van der Waals surface area contributed by atoms with Gasteiger partial charge >= 0.3 is 0 Å². The average Bonchev–Trinajstić information content (AvgIpc) is 2.74. The number of furan rings is 1. The third kappa shape index (κ3) is 2.76. The number of hydrogen-bond acceptors (Lipinski definition) is 2. The smallest absolute Gasteiger partial charge is 0.174 e. The fourth-order valence-electron chi connectivity index (χ4n) is 1.78. The van der Waals surface area contributed by atoms with Gasteiger partial charge < -0.3 is 9.73 Å². The lowest BCUT2D eigenvalue weighted by Gasteiger charge is -2.17. The zero-order chi connectivity index (χ0) is 12.3. The van der Waals surface area contributed by atoms with Crippen LogP contribution in [0.5, 0.6) is 0 Å². The van der Waals surface area contributed by atoms with E-state index in [9.17, 15) is 4.39 Å². The van der Waals surface area contributed by atoms with E-state index in [4.69, 9.17) is 4.42 Å². The first-order chi connectivity index (χ1) is 8.22. The predicted octanol–water partition coefficient (Wildman–Crippen LogP) is 3.88. The number of rotatable bonds is 4.